The van der Waals surface area contributed by atoms with Gasteiger partial charge in [-0.15, -0.1) is 0 Å². The van der Waals surface area contributed by atoms with Gasteiger partial charge in [0.05, 0.1) is 13.7 Å². The first-order chi connectivity index (χ1) is 9.85. The number of sulfonamides is 1. The third-order valence-corrected chi connectivity index (χ3v) is 4.48. The summed E-state index contributed by atoms with van der Waals surface area (Å²) >= 11 is 5.90. The Labute approximate surface area is 130 Å². The number of rotatable bonds is 8. The summed E-state index contributed by atoms with van der Waals surface area (Å²) in [5.41, 5.74) is 0.315. The molecule has 0 fully saturated rings. The largest absolute Gasteiger partial charge is 0.495 e. The number of hydrogen-bond donors (Lipinski definition) is 2. The van der Waals surface area contributed by atoms with Gasteiger partial charge >= 0.3 is 0 Å². The standard InChI is InChI=1S/C13H20ClNO5S/c1-9(8-19-2)6-15-21(17,18)12-5-11(14)4-10(7-16)13(12)20-3/h4-5,9,15-16H,6-8H2,1-3H3. The molecule has 0 radical (unpaired) electrons. The van der Waals surface area contributed by atoms with Gasteiger partial charge in [0.2, 0.25) is 10.0 Å². The third kappa shape index (κ3) is 4.82. The van der Waals surface area contributed by atoms with Crippen molar-refractivity contribution >= 4 is 21.6 Å². The average Bonchev–Trinajstić information content (AvgIpc) is 2.44. The first-order valence-corrected chi connectivity index (χ1v) is 8.17. The third-order valence-electron chi connectivity index (χ3n) is 2.83. The van der Waals surface area contributed by atoms with Gasteiger partial charge in [-0.05, 0) is 18.1 Å². The van der Waals surface area contributed by atoms with Crippen LogP contribution in [0.3, 0.4) is 0 Å². The van der Waals surface area contributed by atoms with Crippen LogP contribution in [0.2, 0.25) is 5.02 Å². The summed E-state index contributed by atoms with van der Waals surface area (Å²) in [5.74, 6) is 0.112. The predicted molar refractivity (Wildman–Crippen MR) is 80.2 cm³/mol. The van der Waals surface area contributed by atoms with Crippen LogP contribution in [-0.4, -0.2) is 40.9 Å². The van der Waals surface area contributed by atoms with Crippen molar-refractivity contribution < 1.29 is 23.0 Å². The molecule has 1 unspecified atom stereocenters. The van der Waals surface area contributed by atoms with Crippen molar-refractivity contribution in [1.82, 2.24) is 4.72 Å². The number of ether oxygens (including phenoxy) is 2. The number of benzene rings is 1. The molecule has 1 rings (SSSR count). The molecule has 0 spiro atoms. The van der Waals surface area contributed by atoms with E-state index in [1.807, 2.05) is 6.92 Å². The molecule has 0 aliphatic carbocycles. The zero-order valence-corrected chi connectivity index (χ0v) is 13.8. The summed E-state index contributed by atoms with van der Waals surface area (Å²) in [4.78, 5) is -0.0915. The monoisotopic (exact) mass is 337 g/mol. The minimum absolute atomic E-state index is 0.0206. The van der Waals surface area contributed by atoms with Crippen molar-refractivity contribution in [3.8, 4) is 5.75 Å². The number of aliphatic hydroxyl groups excluding tert-OH is 1. The zero-order chi connectivity index (χ0) is 16.0. The summed E-state index contributed by atoms with van der Waals surface area (Å²) in [7, 11) is -0.901. The van der Waals surface area contributed by atoms with E-state index in [0.29, 0.717) is 12.2 Å². The zero-order valence-electron chi connectivity index (χ0n) is 12.2. The van der Waals surface area contributed by atoms with Crippen LogP contribution in [-0.2, 0) is 21.4 Å². The molecule has 0 saturated heterocycles. The maximum Gasteiger partial charge on any atom is 0.244 e. The summed E-state index contributed by atoms with van der Waals surface area (Å²) < 4.78 is 37.3. The number of nitrogens with one attached hydrogen (secondary N) is 1. The highest BCUT2D eigenvalue weighted by Crippen LogP contribution is 2.31. The summed E-state index contributed by atoms with van der Waals surface area (Å²) in [6, 6.07) is 2.76. The van der Waals surface area contributed by atoms with Crippen molar-refractivity contribution in [2.45, 2.75) is 18.4 Å². The van der Waals surface area contributed by atoms with Crippen molar-refractivity contribution in [1.29, 1.82) is 0 Å². The lowest BCUT2D eigenvalue weighted by Crippen LogP contribution is -2.30. The van der Waals surface area contributed by atoms with Crippen molar-refractivity contribution in [2.75, 3.05) is 27.4 Å². The van der Waals surface area contributed by atoms with Crippen LogP contribution in [0, 0.1) is 5.92 Å². The van der Waals surface area contributed by atoms with Gasteiger partial charge in [-0.25, -0.2) is 13.1 Å². The van der Waals surface area contributed by atoms with E-state index in [-0.39, 0.29) is 34.7 Å². The fourth-order valence-electron chi connectivity index (χ4n) is 1.84. The fourth-order valence-corrected chi connectivity index (χ4v) is 3.55. The molecule has 1 aromatic rings. The molecule has 0 heterocycles. The number of halogens is 1. The SMILES string of the molecule is COCC(C)CNS(=O)(=O)c1cc(Cl)cc(CO)c1OC. The normalized spacial score (nSPS) is 13.2. The molecule has 6 nitrogen and oxygen atoms in total. The molecular formula is C13H20ClNO5S. The van der Waals surface area contributed by atoms with Crippen LogP contribution in [0.4, 0.5) is 0 Å². The second-order valence-corrected chi connectivity index (χ2v) is 6.84. The van der Waals surface area contributed by atoms with Gasteiger partial charge in [0.25, 0.3) is 0 Å². The maximum absolute atomic E-state index is 12.4. The molecule has 21 heavy (non-hydrogen) atoms. The molecule has 0 saturated carbocycles. The Bertz CT molecular complexity index is 576. The van der Waals surface area contributed by atoms with Gasteiger partial charge < -0.3 is 14.6 Å². The van der Waals surface area contributed by atoms with E-state index >= 15 is 0 Å². The van der Waals surface area contributed by atoms with Gasteiger partial charge in [-0.2, -0.15) is 0 Å². The van der Waals surface area contributed by atoms with Gasteiger partial charge in [0, 0.05) is 30.8 Å². The number of aliphatic hydroxyl groups is 1. The predicted octanol–water partition coefficient (Wildman–Crippen LogP) is 1.40. The van der Waals surface area contributed by atoms with Crippen molar-refractivity contribution in [2.24, 2.45) is 5.92 Å². The first-order valence-electron chi connectivity index (χ1n) is 6.31. The van der Waals surface area contributed by atoms with Crippen molar-refractivity contribution in [3.05, 3.63) is 22.7 Å². The van der Waals surface area contributed by atoms with Gasteiger partial charge in [0.15, 0.2) is 0 Å². The van der Waals surface area contributed by atoms with Gasteiger partial charge in [0.1, 0.15) is 10.6 Å². The van der Waals surface area contributed by atoms with Crippen molar-refractivity contribution in [3.63, 3.8) is 0 Å². The van der Waals surface area contributed by atoms with E-state index in [9.17, 15) is 13.5 Å². The second kappa shape index (κ2) is 7.95. The van der Waals surface area contributed by atoms with E-state index < -0.39 is 10.0 Å². The van der Waals surface area contributed by atoms with E-state index in [1.54, 1.807) is 7.11 Å². The van der Waals surface area contributed by atoms with Crippen LogP contribution in [0.15, 0.2) is 17.0 Å². The molecular weight excluding hydrogens is 318 g/mol. The van der Waals surface area contributed by atoms with E-state index in [2.05, 4.69) is 4.72 Å². The summed E-state index contributed by atoms with van der Waals surface area (Å²) in [6.45, 7) is 2.16. The summed E-state index contributed by atoms with van der Waals surface area (Å²) in [5, 5.41) is 9.49. The Hall–Kier alpha value is -0.860. The first kappa shape index (κ1) is 18.2. The van der Waals surface area contributed by atoms with Crippen LogP contribution in [0.1, 0.15) is 12.5 Å². The molecule has 120 valence electrons. The van der Waals surface area contributed by atoms with Gasteiger partial charge in [-0.1, -0.05) is 18.5 Å². The molecule has 0 amide bonds. The molecule has 0 aliphatic rings. The molecule has 2 N–H and O–H groups in total. The lowest BCUT2D eigenvalue weighted by Gasteiger charge is -2.16. The maximum atomic E-state index is 12.4. The Balaban J connectivity index is 3.10. The lowest BCUT2D eigenvalue weighted by atomic mass is 10.2. The van der Waals surface area contributed by atoms with E-state index in [4.69, 9.17) is 21.1 Å². The van der Waals surface area contributed by atoms with E-state index in [1.165, 1.54) is 19.2 Å². The number of hydrogen-bond acceptors (Lipinski definition) is 5. The fraction of sp³-hybridized carbons (Fsp3) is 0.538. The minimum Gasteiger partial charge on any atom is -0.495 e. The van der Waals surface area contributed by atoms with Crippen LogP contribution < -0.4 is 9.46 Å². The molecule has 1 atom stereocenters. The Morgan fingerprint density at radius 3 is 2.57 bits per heavy atom. The Morgan fingerprint density at radius 2 is 2.05 bits per heavy atom. The molecule has 8 heteroatoms. The Morgan fingerprint density at radius 1 is 1.38 bits per heavy atom. The highest BCUT2D eigenvalue weighted by molar-refractivity contribution is 7.89. The topological polar surface area (TPSA) is 84.9 Å². The number of methoxy groups -OCH3 is 2. The van der Waals surface area contributed by atoms with Crippen LogP contribution in [0.5, 0.6) is 5.75 Å². The highest BCUT2D eigenvalue weighted by atomic mass is 35.5. The molecule has 0 aliphatic heterocycles. The van der Waals surface area contributed by atoms with Crippen LogP contribution >= 0.6 is 11.6 Å². The highest BCUT2D eigenvalue weighted by Gasteiger charge is 2.23. The van der Waals surface area contributed by atoms with Crippen LogP contribution in [0.25, 0.3) is 0 Å². The summed E-state index contributed by atoms with van der Waals surface area (Å²) in [6.07, 6.45) is 0. The van der Waals surface area contributed by atoms with E-state index in [0.717, 1.165) is 0 Å². The van der Waals surface area contributed by atoms with Gasteiger partial charge in [-0.3, -0.25) is 0 Å². The Kier molecular flexibility index (Phi) is 6.89. The lowest BCUT2D eigenvalue weighted by molar-refractivity contribution is 0.161. The molecule has 1 aromatic carbocycles. The smallest absolute Gasteiger partial charge is 0.244 e. The molecule has 0 bridgehead atoms. The molecule has 0 aromatic heterocycles. The second-order valence-electron chi connectivity index (χ2n) is 4.67. The quantitative estimate of drug-likeness (QED) is 0.749. The minimum atomic E-state index is -3.80. The average molecular weight is 338 g/mol.